The van der Waals surface area contributed by atoms with Crippen LogP contribution in [0.4, 0.5) is 5.69 Å². The van der Waals surface area contributed by atoms with Crippen LogP contribution in [0, 0.1) is 5.92 Å². The molecule has 1 heterocycles. The van der Waals surface area contributed by atoms with E-state index in [9.17, 15) is 4.79 Å². The highest BCUT2D eigenvalue weighted by Gasteiger charge is 2.08. The molecule has 0 aliphatic heterocycles. The summed E-state index contributed by atoms with van der Waals surface area (Å²) in [5.74, 6) is 0.746. The number of nitrogens with zero attached hydrogens (tertiary/aromatic N) is 1. The van der Waals surface area contributed by atoms with Crippen molar-refractivity contribution in [2.45, 2.75) is 46.1 Å². The standard InChI is InChI=1S/C12H20BrN3O/c1-8(2)5-4-6-9(3)15-10-7-14-16-12(17)11(10)13/h7-9H,4-6H2,1-3H3,(H2,15,16,17). The fraction of sp³-hybridized carbons (Fsp3) is 0.667. The number of rotatable bonds is 6. The predicted molar refractivity (Wildman–Crippen MR) is 74.3 cm³/mol. The Kier molecular flexibility index (Phi) is 5.68. The summed E-state index contributed by atoms with van der Waals surface area (Å²) in [6, 6.07) is 0.341. The molecule has 0 aromatic carbocycles. The molecule has 0 aliphatic rings. The zero-order valence-electron chi connectivity index (χ0n) is 10.6. The van der Waals surface area contributed by atoms with Gasteiger partial charge < -0.3 is 5.32 Å². The second-order valence-corrected chi connectivity index (χ2v) is 5.59. The largest absolute Gasteiger partial charge is 0.380 e. The molecule has 1 unspecified atom stereocenters. The Bertz CT molecular complexity index is 403. The molecule has 1 rings (SSSR count). The molecule has 0 fully saturated rings. The van der Waals surface area contributed by atoms with Gasteiger partial charge in [-0.1, -0.05) is 26.7 Å². The Balaban J connectivity index is 2.48. The summed E-state index contributed by atoms with van der Waals surface area (Å²) in [6.07, 6.45) is 5.16. The molecule has 0 saturated carbocycles. The van der Waals surface area contributed by atoms with Crippen LogP contribution in [-0.4, -0.2) is 16.2 Å². The van der Waals surface area contributed by atoms with Gasteiger partial charge >= 0.3 is 0 Å². The highest BCUT2D eigenvalue weighted by molar-refractivity contribution is 9.10. The molecule has 1 aromatic heterocycles. The Morgan fingerprint density at radius 2 is 2.12 bits per heavy atom. The van der Waals surface area contributed by atoms with E-state index in [-0.39, 0.29) is 5.56 Å². The van der Waals surface area contributed by atoms with E-state index < -0.39 is 0 Å². The predicted octanol–water partition coefficient (Wildman–Crippen LogP) is 3.16. The molecule has 96 valence electrons. The van der Waals surface area contributed by atoms with Gasteiger partial charge in [-0.25, -0.2) is 5.10 Å². The maximum absolute atomic E-state index is 11.3. The first-order chi connectivity index (χ1) is 8.00. The maximum atomic E-state index is 11.3. The normalized spacial score (nSPS) is 12.8. The second-order valence-electron chi connectivity index (χ2n) is 4.80. The van der Waals surface area contributed by atoms with E-state index in [1.807, 2.05) is 0 Å². The van der Waals surface area contributed by atoms with E-state index in [0.29, 0.717) is 10.5 Å². The molecule has 0 saturated heterocycles. The average molecular weight is 302 g/mol. The first-order valence-corrected chi connectivity index (χ1v) is 6.79. The molecule has 0 bridgehead atoms. The van der Waals surface area contributed by atoms with Gasteiger partial charge in [0.05, 0.1) is 11.9 Å². The summed E-state index contributed by atoms with van der Waals surface area (Å²) in [6.45, 7) is 6.58. The van der Waals surface area contributed by atoms with Gasteiger partial charge in [0, 0.05) is 6.04 Å². The van der Waals surface area contributed by atoms with Crippen molar-refractivity contribution in [1.29, 1.82) is 0 Å². The van der Waals surface area contributed by atoms with Crippen molar-refractivity contribution < 1.29 is 0 Å². The minimum Gasteiger partial charge on any atom is -0.380 e. The summed E-state index contributed by atoms with van der Waals surface area (Å²) in [5.41, 5.74) is 0.551. The van der Waals surface area contributed by atoms with Crippen LogP contribution in [-0.2, 0) is 0 Å². The molecule has 0 spiro atoms. The van der Waals surface area contributed by atoms with Crippen LogP contribution in [0.2, 0.25) is 0 Å². The first kappa shape index (κ1) is 14.2. The summed E-state index contributed by atoms with van der Waals surface area (Å²) >= 11 is 3.25. The molecule has 5 heteroatoms. The number of aromatic amines is 1. The Labute approximate surface area is 110 Å². The molecule has 0 amide bonds. The zero-order valence-corrected chi connectivity index (χ0v) is 12.2. The van der Waals surface area contributed by atoms with Gasteiger partial charge in [0.2, 0.25) is 0 Å². The molecule has 17 heavy (non-hydrogen) atoms. The third-order valence-corrected chi connectivity index (χ3v) is 3.40. The molecular weight excluding hydrogens is 282 g/mol. The number of hydrogen-bond donors (Lipinski definition) is 2. The van der Waals surface area contributed by atoms with Crippen LogP contribution in [0.5, 0.6) is 0 Å². The van der Waals surface area contributed by atoms with Gasteiger partial charge in [0.1, 0.15) is 4.47 Å². The lowest BCUT2D eigenvalue weighted by molar-refractivity contribution is 0.520. The van der Waals surface area contributed by atoms with E-state index >= 15 is 0 Å². The maximum Gasteiger partial charge on any atom is 0.280 e. The summed E-state index contributed by atoms with van der Waals surface area (Å²) in [4.78, 5) is 11.3. The van der Waals surface area contributed by atoms with Crippen LogP contribution in [0.25, 0.3) is 0 Å². The minimum absolute atomic E-state index is 0.204. The van der Waals surface area contributed by atoms with Crippen LogP contribution in [0.3, 0.4) is 0 Å². The van der Waals surface area contributed by atoms with Crippen molar-refractivity contribution in [3.63, 3.8) is 0 Å². The molecular formula is C12H20BrN3O. The van der Waals surface area contributed by atoms with E-state index in [0.717, 1.165) is 18.0 Å². The van der Waals surface area contributed by atoms with Crippen LogP contribution < -0.4 is 10.9 Å². The molecule has 0 aliphatic carbocycles. The van der Waals surface area contributed by atoms with Crippen molar-refractivity contribution in [1.82, 2.24) is 10.2 Å². The number of aromatic nitrogens is 2. The third-order valence-electron chi connectivity index (χ3n) is 2.62. The second kappa shape index (κ2) is 6.79. The zero-order chi connectivity index (χ0) is 12.8. The van der Waals surface area contributed by atoms with Crippen molar-refractivity contribution in [2.75, 3.05) is 5.32 Å². The molecule has 4 nitrogen and oxygen atoms in total. The first-order valence-electron chi connectivity index (χ1n) is 6.00. The highest BCUT2D eigenvalue weighted by atomic mass is 79.9. The molecule has 2 N–H and O–H groups in total. The van der Waals surface area contributed by atoms with E-state index in [1.165, 1.54) is 12.8 Å². The van der Waals surface area contributed by atoms with E-state index in [4.69, 9.17) is 0 Å². The monoisotopic (exact) mass is 301 g/mol. The van der Waals surface area contributed by atoms with E-state index in [2.05, 4.69) is 52.2 Å². The van der Waals surface area contributed by atoms with Gasteiger partial charge in [0.25, 0.3) is 5.56 Å². The number of H-pyrrole nitrogens is 1. The number of hydrogen-bond acceptors (Lipinski definition) is 3. The Hall–Kier alpha value is -0.840. The van der Waals surface area contributed by atoms with Crippen molar-refractivity contribution in [2.24, 2.45) is 5.92 Å². The van der Waals surface area contributed by atoms with Gasteiger partial charge in [-0.05, 0) is 35.2 Å². The smallest absolute Gasteiger partial charge is 0.280 e. The minimum atomic E-state index is -0.204. The molecule has 0 radical (unpaired) electrons. The summed E-state index contributed by atoms with van der Waals surface area (Å²) in [7, 11) is 0. The van der Waals surface area contributed by atoms with Crippen molar-refractivity contribution >= 4 is 21.6 Å². The highest BCUT2D eigenvalue weighted by Crippen LogP contribution is 2.18. The van der Waals surface area contributed by atoms with Gasteiger partial charge in [-0.3, -0.25) is 4.79 Å². The average Bonchev–Trinajstić information content (AvgIpc) is 2.24. The summed E-state index contributed by atoms with van der Waals surface area (Å²) in [5, 5.41) is 9.45. The van der Waals surface area contributed by atoms with Gasteiger partial charge in [-0.15, -0.1) is 0 Å². The SMILES string of the molecule is CC(C)CCCC(C)Nc1cn[nH]c(=O)c1Br. The number of anilines is 1. The topological polar surface area (TPSA) is 57.8 Å². The van der Waals surface area contributed by atoms with Crippen LogP contribution >= 0.6 is 15.9 Å². The lowest BCUT2D eigenvalue weighted by Crippen LogP contribution is -2.19. The number of nitrogens with one attached hydrogen (secondary N) is 2. The summed E-state index contributed by atoms with van der Waals surface area (Å²) < 4.78 is 0.517. The van der Waals surface area contributed by atoms with Crippen molar-refractivity contribution in [3.8, 4) is 0 Å². The fourth-order valence-electron chi connectivity index (χ4n) is 1.65. The van der Waals surface area contributed by atoms with Gasteiger partial charge in [-0.2, -0.15) is 5.10 Å². The van der Waals surface area contributed by atoms with Crippen LogP contribution in [0.1, 0.15) is 40.0 Å². The molecule has 1 aromatic rings. The van der Waals surface area contributed by atoms with Crippen LogP contribution in [0.15, 0.2) is 15.5 Å². The lowest BCUT2D eigenvalue weighted by Gasteiger charge is -2.16. The fourth-order valence-corrected chi connectivity index (χ4v) is 1.96. The van der Waals surface area contributed by atoms with E-state index in [1.54, 1.807) is 6.20 Å². The third kappa shape index (κ3) is 4.89. The van der Waals surface area contributed by atoms with Gasteiger partial charge in [0.15, 0.2) is 0 Å². The number of halogens is 1. The Morgan fingerprint density at radius 1 is 1.41 bits per heavy atom. The quantitative estimate of drug-likeness (QED) is 0.848. The lowest BCUT2D eigenvalue weighted by atomic mass is 10.0. The Morgan fingerprint density at radius 3 is 2.76 bits per heavy atom. The molecule has 1 atom stereocenters. The van der Waals surface area contributed by atoms with Crippen molar-refractivity contribution in [3.05, 3.63) is 21.0 Å².